The Morgan fingerprint density at radius 2 is 0.831 bits per heavy atom. The third-order valence-corrected chi connectivity index (χ3v) is 14.5. The zero-order valence-electron chi connectivity index (χ0n) is 50.7. The summed E-state index contributed by atoms with van der Waals surface area (Å²) in [6, 6.07) is -0.870. The second-order valence-electron chi connectivity index (χ2n) is 22.2. The van der Waals surface area contributed by atoms with E-state index < -0.39 is 20.0 Å². The van der Waals surface area contributed by atoms with Gasteiger partial charge in [0.25, 0.3) is 0 Å². The second kappa shape index (κ2) is 56.2. The van der Waals surface area contributed by atoms with E-state index in [1.165, 1.54) is 116 Å². The molecule has 0 bridgehead atoms. The van der Waals surface area contributed by atoms with Crippen molar-refractivity contribution in [1.29, 1.82) is 0 Å². The number of rotatable bonds is 56. The molecule has 444 valence electrons. The Morgan fingerprint density at radius 3 is 1.29 bits per heavy atom. The molecule has 0 aromatic carbocycles. The first kappa shape index (κ1) is 73.9. The minimum absolute atomic E-state index is 0.0296. The second-order valence-corrected chi connectivity index (χ2v) is 23.6. The van der Waals surface area contributed by atoms with Gasteiger partial charge in [0.15, 0.2) is 0 Å². The zero-order valence-corrected chi connectivity index (χ0v) is 51.6. The lowest BCUT2D eigenvalue weighted by Gasteiger charge is -2.27. The molecule has 2 N–H and O–H groups in total. The van der Waals surface area contributed by atoms with Crippen molar-refractivity contribution in [2.24, 2.45) is 0 Å². The summed E-state index contributed by atoms with van der Waals surface area (Å²) in [6.45, 7) is 6.85. The molecule has 1 amide bonds. The number of carbonyl (C=O) groups is 2. The molecule has 3 unspecified atom stereocenters. The SMILES string of the molecule is CC/C=C\C/C=C\C/C=C\C/C=C\C/C=C\CCCCCC(=O)OC(/C=C/CCCCCCCCCCCCC)C(COP(=O)(O)OCC[N+](C)(C)C)NC(=O)CCCCCCCCCCC/C=C\C/C=C\CCCCC. The van der Waals surface area contributed by atoms with E-state index in [9.17, 15) is 19.0 Å². The maximum absolute atomic E-state index is 13.6. The summed E-state index contributed by atoms with van der Waals surface area (Å²) in [4.78, 5) is 37.8. The van der Waals surface area contributed by atoms with Gasteiger partial charge >= 0.3 is 13.8 Å². The molecule has 0 saturated heterocycles. The molecule has 0 radical (unpaired) electrons. The van der Waals surface area contributed by atoms with Gasteiger partial charge in [0.1, 0.15) is 19.3 Å². The summed E-state index contributed by atoms with van der Waals surface area (Å²) >= 11 is 0. The quantitative estimate of drug-likeness (QED) is 0.0205. The number of ether oxygens (including phenoxy) is 1. The molecule has 10 heteroatoms. The molecule has 0 saturated carbocycles. The molecule has 77 heavy (non-hydrogen) atoms. The predicted molar refractivity (Wildman–Crippen MR) is 332 cm³/mol. The van der Waals surface area contributed by atoms with E-state index in [0.29, 0.717) is 23.9 Å². The fraction of sp³-hybridized carbons (Fsp3) is 0.731. The summed E-state index contributed by atoms with van der Waals surface area (Å²) in [5.74, 6) is -0.549. The number of unbranched alkanes of at least 4 members (excludes halogenated alkanes) is 26. The summed E-state index contributed by atoms with van der Waals surface area (Å²) in [7, 11) is 1.46. The summed E-state index contributed by atoms with van der Waals surface area (Å²) in [5, 5.41) is 3.05. The largest absolute Gasteiger partial charge is 0.472 e. The monoisotopic (exact) mass is 1100 g/mol. The van der Waals surface area contributed by atoms with Crippen molar-refractivity contribution in [3.05, 3.63) is 97.2 Å². The Balaban J connectivity index is 5.35. The van der Waals surface area contributed by atoms with Crippen molar-refractivity contribution in [3.8, 4) is 0 Å². The Bertz CT molecular complexity index is 1640. The molecule has 9 nitrogen and oxygen atoms in total. The number of esters is 1. The van der Waals surface area contributed by atoms with Crippen molar-refractivity contribution in [2.75, 3.05) is 40.9 Å². The van der Waals surface area contributed by atoms with Crippen LogP contribution >= 0.6 is 7.82 Å². The summed E-state index contributed by atoms with van der Waals surface area (Å²) in [5.41, 5.74) is 0. The van der Waals surface area contributed by atoms with Crippen LogP contribution in [0.2, 0.25) is 0 Å². The first-order chi connectivity index (χ1) is 37.4. The molecule has 0 heterocycles. The van der Waals surface area contributed by atoms with Gasteiger partial charge in [-0.1, -0.05) is 240 Å². The fourth-order valence-corrected chi connectivity index (χ4v) is 9.38. The van der Waals surface area contributed by atoms with Gasteiger partial charge in [-0.15, -0.1) is 0 Å². The molecule has 0 aromatic heterocycles. The number of phosphoric ester groups is 1. The minimum atomic E-state index is -4.46. The van der Waals surface area contributed by atoms with Gasteiger partial charge in [0, 0.05) is 12.8 Å². The lowest BCUT2D eigenvalue weighted by Crippen LogP contribution is -2.47. The Morgan fingerprint density at radius 1 is 0.468 bits per heavy atom. The van der Waals surface area contributed by atoms with Crippen LogP contribution in [0.15, 0.2) is 97.2 Å². The predicted octanol–water partition coefficient (Wildman–Crippen LogP) is 19.6. The molecule has 0 spiro atoms. The first-order valence-corrected chi connectivity index (χ1v) is 33.1. The van der Waals surface area contributed by atoms with E-state index in [4.69, 9.17) is 13.8 Å². The lowest BCUT2D eigenvalue weighted by atomic mass is 10.0. The molecule has 0 aliphatic carbocycles. The van der Waals surface area contributed by atoms with E-state index in [0.717, 1.165) is 109 Å². The van der Waals surface area contributed by atoms with Crippen LogP contribution in [0.3, 0.4) is 0 Å². The van der Waals surface area contributed by atoms with Gasteiger partial charge in [-0.2, -0.15) is 0 Å². The Labute approximate surface area is 475 Å². The third-order valence-electron chi connectivity index (χ3n) is 13.5. The van der Waals surface area contributed by atoms with E-state index in [1.807, 2.05) is 33.3 Å². The highest BCUT2D eigenvalue weighted by Crippen LogP contribution is 2.43. The number of nitrogens with one attached hydrogen (secondary N) is 1. The smallest absolute Gasteiger partial charge is 0.456 e. The molecule has 0 fully saturated rings. The number of hydrogen-bond donors (Lipinski definition) is 2. The van der Waals surface area contributed by atoms with Crippen LogP contribution in [0.5, 0.6) is 0 Å². The van der Waals surface area contributed by atoms with Crippen molar-refractivity contribution >= 4 is 19.7 Å². The molecule has 0 aliphatic heterocycles. The highest BCUT2D eigenvalue weighted by Gasteiger charge is 2.30. The van der Waals surface area contributed by atoms with Crippen molar-refractivity contribution in [3.63, 3.8) is 0 Å². The van der Waals surface area contributed by atoms with Crippen LogP contribution < -0.4 is 5.32 Å². The van der Waals surface area contributed by atoms with Crippen LogP contribution in [0, 0.1) is 0 Å². The van der Waals surface area contributed by atoms with Gasteiger partial charge in [0.05, 0.1) is 33.8 Å². The maximum Gasteiger partial charge on any atom is 0.472 e. The number of phosphoric acid groups is 1. The molecular formula is C67H120N2O7P+. The first-order valence-electron chi connectivity index (χ1n) is 31.6. The fourth-order valence-electron chi connectivity index (χ4n) is 8.64. The lowest BCUT2D eigenvalue weighted by molar-refractivity contribution is -0.870. The van der Waals surface area contributed by atoms with Crippen molar-refractivity contribution < 1.29 is 37.3 Å². The highest BCUT2D eigenvalue weighted by molar-refractivity contribution is 7.47. The number of amides is 1. The molecular weight excluding hydrogens is 976 g/mol. The van der Waals surface area contributed by atoms with Gasteiger partial charge in [-0.05, 0) is 109 Å². The number of likely N-dealkylation sites (N-methyl/N-ethyl adjacent to an activating group) is 1. The number of nitrogens with zero attached hydrogens (tertiary/aromatic N) is 1. The normalized spacial score (nSPS) is 14.3. The topological polar surface area (TPSA) is 111 Å². The van der Waals surface area contributed by atoms with Crippen molar-refractivity contribution in [1.82, 2.24) is 5.32 Å². The van der Waals surface area contributed by atoms with Crippen LogP contribution in [-0.4, -0.2) is 74.3 Å². The molecule has 0 aliphatic rings. The maximum atomic E-state index is 13.6. The number of hydrogen-bond acceptors (Lipinski definition) is 6. The zero-order chi connectivity index (χ0) is 56.4. The van der Waals surface area contributed by atoms with Crippen LogP contribution in [-0.2, 0) is 27.9 Å². The highest BCUT2D eigenvalue weighted by atomic mass is 31.2. The summed E-state index contributed by atoms with van der Waals surface area (Å²) < 4.78 is 30.7. The van der Waals surface area contributed by atoms with E-state index in [1.54, 1.807) is 0 Å². The van der Waals surface area contributed by atoms with Crippen LogP contribution in [0.1, 0.15) is 265 Å². The number of quaternary nitrogens is 1. The average molecular weight is 1100 g/mol. The van der Waals surface area contributed by atoms with Crippen LogP contribution in [0.4, 0.5) is 0 Å². The summed E-state index contributed by atoms with van der Waals surface area (Å²) in [6.07, 6.45) is 75.4. The van der Waals surface area contributed by atoms with Gasteiger partial charge in [0.2, 0.25) is 5.91 Å². The van der Waals surface area contributed by atoms with E-state index in [2.05, 4.69) is 111 Å². The van der Waals surface area contributed by atoms with Gasteiger partial charge in [-0.3, -0.25) is 18.6 Å². The van der Waals surface area contributed by atoms with Gasteiger partial charge in [-0.25, -0.2) is 4.57 Å². The minimum Gasteiger partial charge on any atom is -0.456 e. The Hall–Kier alpha value is -3.07. The van der Waals surface area contributed by atoms with Gasteiger partial charge < -0.3 is 19.4 Å². The van der Waals surface area contributed by atoms with Crippen LogP contribution in [0.25, 0.3) is 0 Å². The molecule has 0 aromatic rings. The number of carbonyl (C=O) groups excluding carboxylic acids is 2. The number of allylic oxidation sites excluding steroid dienone is 15. The third kappa shape index (κ3) is 57.4. The average Bonchev–Trinajstić information content (AvgIpc) is 3.39. The standard InChI is InChI=1S/C67H119N2O7P/c1-7-10-13-16-19-22-25-28-30-32-34-36-38-41-44-47-50-53-56-59-66(70)68-64(63-75-77(72,73)74-62-61-69(4,5)6)65(58-55-52-49-46-43-40-27-24-21-18-15-12-9-3)76-67(71)60-57-54-51-48-45-42-39-37-35-33-31-29-26-23-20-17-14-11-8-2/h11,14,19-20,22-23,28-31,35,37,42,45,55,58,64-65H,7-10,12-13,15-18,21,24-27,32-34,36,38-41,43-44,46-54,56-57,59-63H2,1-6H3,(H-,68,70,72,73)/p+1/b14-11-,22-19-,23-20-,30-28-,31-29-,37-35-,45-42-,58-55+. The molecule has 3 atom stereocenters. The van der Waals surface area contributed by atoms with E-state index in [-0.39, 0.29) is 31.5 Å². The molecule has 0 rings (SSSR count). The Kier molecular flexibility index (Phi) is 54.0. The van der Waals surface area contributed by atoms with Crippen molar-refractivity contribution in [2.45, 2.75) is 277 Å². The van der Waals surface area contributed by atoms with E-state index >= 15 is 0 Å².